The Balaban J connectivity index is 2.28. The maximum Gasteiger partial charge on any atom is 0.140 e. The van der Waals surface area contributed by atoms with Crippen molar-refractivity contribution in [2.45, 2.75) is 0 Å². The first kappa shape index (κ1) is 12.3. The number of aryl methyl sites for hydroxylation is 1. The fraction of sp³-hybridized carbons (Fsp3) is 0.0714. The summed E-state index contributed by atoms with van der Waals surface area (Å²) in [5, 5.41) is 1.22. The number of nitrogens with two attached hydrogens (primary N) is 1. The van der Waals surface area contributed by atoms with Crippen molar-refractivity contribution < 1.29 is 0 Å². The average Bonchev–Trinajstić information content (AvgIpc) is 2.72. The molecule has 96 valence electrons. The number of hydrogen-bond donors (Lipinski definition) is 1. The lowest BCUT2D eigenvalue weighted by molar-refractivity contribution is 0.959. The van der Waals surface area contributed by atoms with Crippen molar-refractivity contribution in [3.63, 3.8) is 0 Å². The van der Waals surface area contributed by atoms with Crippen molar-refractivity contribution in [3.8, 4) is 11.4 Å². The topological polar surface area (TPSA) is 43.8 Å². The second-order valence-corrected chi connectivity index (χ2v) is 5.15. The first-order valence-corrected chi connectivity index (χ1v) is 6.50. The lowest BCUT2D eigenvalue weighted by Gasteiger charge is -2.05. The quantitative estimate of drug-likeness (QED) is 0.685. The molecule has 0 atom stereocenters. The third-order valence-corrected chi connectivity index (χ3v) is 3.75. The summed E-state index contributed by atoms with van der Waals surface area (Å²) in [7, 11) is 1.93. The van der Waals surface area contributed by atoms with Gasteiger partial charge in [0.05, 0.1) is 26.8 Å². The summed E-state index contributed by atoms with van der Waals surface area (Å²) in [5.74, 6) is 0.812. The summed E-state index contributed by atoms with van der Waals surface area (Å²) in [4.78, 5) is 4.59. The molecule has 0 saturated carbocycles. The van der Waals surface area contributed by atoms with Gasteiger partial charge < -0.3 is 10.3 Å². The third kappa shape index (κ3) is 1.95. The maximum absolute atomic E-state index is 6.21. The number of fused-ring (bicyclic) bond motifs is 1. The van der Waals surface area contributed by atoms with Crippen molar-refractivity contribution >= 4 is 39.9 Å². The fourth-order valence-corrected chi connectivity index (χ4v) is 2.58. The molecule has 2 N–H and O–H groups in total. The van der Waals surface area contributed by atoms with Gasteiger partial charge in [0.1, 0.15) is 5.82 Å². The van der Waals surface area contributed by atoms with E-state index in [1.54, 1.807) is 6.07 Å². The summed E-state index contributed by atoms with van der Waals surface area (Å²) in [6.45, 7) is 0. The highest BCUT2D eigenvalue weighted by Gasteiger charge is 2.12. The second kappa shape index (κ2) is 4.44. The van der Waals surface area contributed by atoms with E-state index < -0.39 is 0 Å². The molecule has 2 aromatic carbocycles. The molecular weight excluding hydrogens is 281 g/mol. The van der Waals surface area contributed by atoms with Gasteiger partial charge >= 0.3 is 0 Å². The largest absolute Gasteiger partial charge is 0.398 e. The number of nitrogens with zero attached hydrogens (tertiary/aromatic N) is 2. The molecule has 0 spiro atoms. The first-order chi connectivity index (χ1) is 9.08. The molecule has 19 heavy (non-hydrogen) atoms. The summed E-state index contributed by atoms with van der Waals surface area (Å²) in [6, 6.07) is 11.2. The number of anilines is 1. The van der Waals surface area contributed by atoms with Gasteiger partial charge in [0.2, 0.25) is 0 Å². The maximum atomic E-state index is 6.21. The van der Waals surface area contributed by atoms with Crippen LogP contribution in [0.5, 0.6) is 0 Å². The van der Waals surface area contributed by atoms with Crippen molar-refractivity contribution in [2.24, 2.45) is 7.05 Å². The van der Waals surface area contributed by atoms with Crippen LogP contribution >= 0.6 is 23.2 Å². The van der Waals surface area contributed by atoms with Crippen LogP contribution in [0.4, 0.5) is 5.69 Å². The zero-order valence-electron chi connectivity index (χ0n) is 10.2. The SMILES string of the molecule is Cn1c(-c2ccc(Cl)c(N)c2)nc2cccc(Cl)c21. The first-order valence-electron chi connectivity index (χ1n) is 5.74. The molecule has 1 aromatic heterocycles. The molecule has 0 aliphatic heterocycles. The Hall–Kier alpha value is -1.71. The van der Waals surface area contributed by atoms with Crippen molar-refractivity contribution in [1.29, 1.82) is 0 Å². The number of benzene rings is 2. The van der Waals surface area contributed by atoms with E-state index in [4.69, 9.17) is 28.9 Å². The zero-order chi connectivity index (χ0) is 13.6. The van der Waals surface area contributed by atoms with Crippen LogP contribution in [0.25, 0.3) is 22.4 Å². The van der Waals surface area contributed by atoms with E-state index in [1.807, 2.05) is 41.9 Å². The minimum absolute atomic E-state index is 0.539. The minimum Gasteiger partial charge on any atom is -0.398 e. The van der Waals surface area contributed by atoms with E-state index in [-0.39, 0.29) is 0 Å². The molecule has 3 aromatic rings. The second-order valence-electron chi connectivity index (χ2n) is 4.34. The number of halogens is 2. The lowest BCUT2D eigenvalue weighted by Crippen LogP contribution is -1.94. The Kier molecular flexibility index (Phi) is 2.88. The highest BCUT2D eigenvalue weighted by molar-refractivity contribution is 6.35. The Bertz CT molecular complexity index is 778. The smallest absolute Gasteiger partial charge is 0.140 e. The summed E-state index contributed by atoms with van der Waals surface area (Å²) in [6.07, 6.45) is 0. The highest BCUT2D eigenvalue weighted by Crippen LogP contribution is 2.30. The molecule has 0 fully saturated rings. The van der Waals surface area contributed by atoms with Crippen molar-refractivity contribution in [2.75, 3.05) is 5.73 Å². The van der Waals surface area contributed by atoms with Gasteiger partial charge in [-0.05, 0) is 30.3 Å². The van der Waals surface area contributed by atoms with Crippen molar-refractivity contribution in [3.05, 3.63) is 46.4 Å². The molecule has 0 amide bonds. The van der Waals surface area contributed by atoms with E-state index >= 15 is 0 Å². The molecule has 5 heteroatoms. The monoisotopic (exact) mass is 291 g/mol. The van der Waals surface area contributed by atoms with Gasteiger partial charge in [-0.1, -0.05) is 29.3 Å². The number of para-hydroxylation sites is 1. The van der Waals surface area contributed by atoms with Gasteiger partial charge in [-0.3, -0.25) is 0 Å². The Morgan fingerprint density at radius 3 is 2.58 bits per heavy atom. The summed E-state index contributed by atoms with van der Waals surface area (Å²) >= 11 is 12.2. The van der Waals surface area contributed by atoms with Gasteiger partial charge in [0, 0.05) is 12.6 Å². The number of nitrogen functional groups attached to an aromatic ring is 1. The molecule has 1 heterocycles. The molecule has 0 saturated heterocycles. The van der Waals surface area contributed by atoms with Crippen molar-refractivity contribution in [1.82, 2.24) is 9.55 Å². The number of rotatable bonds is 1. The Morgan fingerprint density at radius 1 is 1.11 bits per heavy atom. The van der Waals surface area contributed by atoms with Crippen LogP contribution in [0.2, 0.25) is 10.0 Å². The van der Waals surface area contributed by atoms with Crippen LogP contribution in [0.1, 0.15) is 0 Å². The zero-order valence-corrected chi connectivity index (χ0v) is 11.7. The predicted octanol–water partition coefficient (Wildman–Crippen LogP) is 4.13. The highest BCUT2D eigenvalue weighted by atomic mass is 35.5. The normalized spacial score (nSPS) is 11.1. The van der Waals surface area contributed by atoms with E-state index in [1.165, 1.54) is 0 Å². The average molecular weight is 292 g/mol. The molecule has 0 unspecified atom stereocenters. The van der Waals surface area contributed by atoms with Crippen LogP contribution in [0.3, 0.4) is 0 Å². The number of aromatic nitrogens is 2. The van der Waals surface area contributed by atoms with Crippen LogP contribution in [0, 0.1) is 0 Å². The molecule has 0 aliphatic carbocycles. The molecular formula is C14H11Cl2N3. The Morgan fingerprint density at radius 2 is 1.89 bits per heavy atom. The van der Waals surface area contributed by atoms with Gasteiger partial charge in [0.25, 0.3) is 0 Å². The van der Waals surface area contributed by atoms with Crippen LogP contribution < -0.4 is 5.73 Å². The summed E-state index contributed by atoms with van der Waals surface area (Å²) < 4.78 is 1.96. The van der Waals surface area contributed by atoms with E-state index in [0.717, 1.165) is 22.4 Å². The lowest BCUT2D eigenvalue weighted by atomic mass is 10.2. The number of hydrogen-bond acceptors (Lipinski definition) is 2. The third-order valence-electron chi connectivity index (χ3n) is 3.10. The van der Waals surface area contributed by atoms with Crippen LogP contribution in [-0.4, -0.2) is 9.55 Å². The predicted molar refractivity (Wildman–Crippen MR) is 80.6 cm³/mol. The fourth-order valence-electron chi connectivity index (χ4n) is 2.16. The minimum atomic E-state index is 0.539. The standard InChI is InChI=1S/C14H11Cl2N3/c1-19-13-10(16)3-2-4-12(13)18-14(19)8-5-6-9(15)11(17)7-8/h2-7H,17H2,1H3. The van der Waals surface area contributed by atoms with E-state index in [0.29, 0.717) is 15.7 Å². The number of imidazole rings is 1. The van der Waals surface area contributed by atoms with E-state index in [9.17, 15) is 0 Å². The molecule has 3 rings (SSSR count). The van der Waals surface area contributed by atoms with Gasteiger partial charge in [-0.2, -0.15) is 0 Å². The molecule has 3 nitrogen and oxygen atoms in total. The summed E-state index contributed by atoms with van der Waals surface area (Å²) in [5.41, 5.74) is 9.06. The van der Waals surface area contributed by atoms with Gasteiger partial charge in [-0.15, -0.1) is 0 Å². The van der Waals surface area contributed by atoms with E-state index in [2.05, 4.69) is 4.98 Å². The Labute approximate surface area is 120 Å². The van der Waals surface area contributed by atoms with Gasteiger partial charge in [0.15, 0.2) is 0 Å². The molecule has 0 radical (unpaired) electrons. The van der Waals surface area contributed by atoms with Crippen LogP contribution in [0.15, 0.2) is 36.4 Å². The molecule has 0 bridgehead atoms. The van der Waals surface area contributed by atoms with Crippen LogP contribution in [-0.2, 0) is 7.05 Å². The van der Waals surface area contributed by atoms with Gasteiger partial charge in [-0.25, -0.2) is 4.98 Å². The molecule has 0 aliphatic rings.